The van der Waals surface area contributed by atoms with Crippen molar-refractivity contribution >= 4 is 28.7 Å². The lowest BCUT2D eigenvalue weighted by atomic mass is 9.96. The highest BCUT2D eigenvalue weighted by Crippen LogP contribution is 2.24. The Balaban J connectivity index is 1.41. The van der Waals surface area contributed by atoms with Crippen LogP contribution in [0.3, 0.4) is 0 Å². The maximum absolute atomic E-state index is 12.8. The third kappa shape index (κ3) is 3.41. The van der Waals surface area contributed by atoms with E-state index in [-0.39, 0.29) is 11.8 Å². The number of pyridine rings is 1. The van der Waals surface area contributed by atoms with Crippen molar-refractivity contribution < 1.29 is 4.79 Å². The van der Waals surface area contributed by atoms with Gasteiger partial charge in [-0.1, -0.05) is 12.1 Å². The first kappa shape index (κ1) is 18.0. The number of rotatable bonds is 4. The molecule has 1 N–H and O–H groups in total. The minimum Gasteiger partial charge on any atom is -0.357 e. The third-order valence-corrected chi connectivity index (χ3v) is 5.27. The fourth-order valence-corrected chi connectivity index (χ4v) is 3.71. The number of nitriles is 1. The summed E-state index contributed by atoms with van der Waals surface area (Å²) in [6.45, 7) is 4.33. The smallest absolute Gasteiger partial charge is 0.229 e. The van der Waals surface area contributed by atoms with Crippen LogP contribution >= 0.6 is 0 Å². The largest absolute Gasteiger partial charge is 0.357 e. The van der Waals surface area contributed by atoms with Crippen LogP contribution in [0.2, 0.25) is 0 Å². The van der Waals surface area contributed by atoms with Crippen molar-refractivity contribution in [2.45, 2.75) is 26.3 Å². The van der Waals surface area contributed by atoms with Crippen molar-refractivity contribution in [2.75, 3.05) is 23.3 Å². The Bertz CT molecular complexity index is 1030. The predicted molar refractivity (Wildman–Crippen MR) is 108 cm³/mol. The van der Waals surface area contributed by atoms with Gasteiger partial charge in [0, 0.05) is 31.7 Å². The number of carbonyl (C=O) groups is 1. The molecule has 0 saturated carbocycles. The van der Waals surface area contributed by atoms with E-state index >= 15 is 0 Å². The molecule has 1 fully saturated rings. The molecule has 4 rings (SSSR count). The van der Waals surface area contributed by atoms with Crippen LogP contribution in [0, 0.1) is 17.2 Å². The van der Waals surface area contributed by atoms with Crippen LogP contribution in [0.1, 0.15) is 25.3 Å². The highest BCUT2D eigenvalue weighted by Gasteiger charge is 2.26. The Kier molecular flexibility index (Phi) is 4.94. The number of carbonyl (C=O) groups excluding carboxylic acids is 1. The van der Waals surface area contributed by atoms with E-state index in [0.29, 0.717) is 11.5 Å². The summed E-state index contributed by atoms with van der Waals surface area (Å²) < 4.78 is 2.03. The zero-order valence-corrected chi connectivity index (χ0v) is 15.8. The zero-order chi connectivity index (χ0) is 19.5. The van der Waals surface area contributed by atoms with E-state index in [9.17, 15) is 4.79 Å². The summed E-state index contributed by atoms with van der Waals surface area (Å²) in [5, 5.41) is 11.9. The lowest BCUT2D eigenvalue weighted by Crippen LogP contribution is -2.38. The monoisotopic (exact) mass is 374 g/mol. The molecule has 1 saturated heterocycles. The first-order chi connectivity index (χ1) is 13.7. The van der Waals surface area contributed by atoms with Gasteiger partial charge in [0.1, 0.15) is 11.9 Å². The number of aryl methyl sites for hydroxylation is 1. The molecule has 142 valence electrons. The highest BCUT2D eigenvalue weighted by molar-refractivity contribution is 5.93. The van der Waals surface area contributed by atoms with E-state index in [1.54, 1.807) is 12.3 Å². The number of para-hydroxylation sites is 2. The first-order valence-corrected chi connectivity index (χ1v) is 9.57. The number of anilines is 2. The Labute approximate surface area is 163 Å². The molecule has 1 aliphatic heterocycles. The van der Waals surface area contributed by atoms with Gasteiger partial charge < -0.3 is 9.47 Å². The van der Waals surface area contributed by atoms with Crippen molar-refractivity contribution in [3.63, 3.8) is 0 Å². The van der Waals surface area contributed by atoms with Crippen molar-refractivity contribution in [3.05, 3.63) is 48.2 Å². The normalized spacial score (nSPS) is 14.8. The number of amides is 1. The van der Waals surface area contributed by atoms with Crippen LogP contribution in [0.25, 0.3) is 11.0 Å². The minimum atomic E-state index is -0.0419. The Morgan fingerprint density at radius 2 is 2.04 bits per heavy atom. The van der Waals surface area contributed by atoms with Gasteiger partial charge in [-0.2, -0.15) is 5.26 Å². The molecule has 7 nitrogen and oxygen atoms in total. The number of nitrogens with one attached hydrogen (secondary N) is 1. The fraction of sp³-hybridized carbons (Fsp3) is 0.333. The van der Waals surface area contributed by atoms with Gasteiger partial charge in [-0.15, -0.1) is 0 Å². The van der Waals surface area contributed by atoms with Gasteiger partial charge >= 0.3 is 0 Å². The standard InChI is InChI=1S/C21H22N6O/c1-2-27-18-6-4-3-5-17(18)24-21(27)25-20(28)16-9-11-26(12-10-16)19-8-7-15(13-22)14-23-19/h3-8,14,16H,2,9-12H2,1H3,(H,24,25,28). The number of aromatic nitrogens is 3. The van der Waals surface area contributed by atoms with E-state index in [1.165, 1.54) is 0 Å². The van der Waals surface area contributed by atoms with Gasteiger partial charge in [-0.3, -0.25) is 10.1 Å². The lowest BCUT2D eigenvalue weighted by Gasteiger charge is -2.32. The van der Waals surface area contributed by atoms with Crippen LogP contribution < -0.4 is 10.2 Å². The van der Waals surface area contributed by atoms with Crippen LogP contribution in [0.15, 0.2) is 42.6 Å². The van der Waals surface area contributed by atoms with Crippen LogP contribution in [0.4, 0.5) is 11.8 Å². The van der Waals surface area contributed by atoms with Gasteiger partial charge in [0.15, 0.2) is 0 Å². The maximum Gasteiger partial charge on any atom is 0.229 e. The molecule has 3 aromatic rings. The summed E-state index contributed by atoms with van der Waals surface area (Å²) in [6.07, 6.45) is 3.11. The van der Waals surface area contributed by atoms with E-state index in [1.807, 2.05) is 41.8 Å². The molecule has 2 aromatic heterocycles. The molecule has 7 heteroatoms. The number of hydrogen-bond donors (Lipinski definition) is 1. The average Bonchev–Trinajstić information content (AvgIpc) is 3.10. The number of imidazole rings is 1. The Hall–Kier alpha value is -3.40. The lowest BCUT2D eigenvalue weighted by molar-refractivity contribution is -0.120. The second-order valence-corrected chi connectivity index (χ2v) is 6.94. The van der Waals surface area contributed by atoms with Gasteiger partial charge in [-0.05, 0) is 44.0 Å². The fourth-order valence-electron chi connectivity index (χ4n) is 3.71. The number of fused-ring (bicyclic) bond motifs is 1. The van der Waals surface area contributed by atoms with Crippen molar-refractivity contribution in [3.8, 4) is 6.07 Å². The number of nitrogens with zero attached hydrogens (tertiary/aromatic N) is 5. The second-order valence-electron chi connectivity index (χ2n) is 6.94. The predicted octanol–water partition coefficient (Wildman–Crippen LogP) is 3.18. The topological polar surface area (TPSA) is 86.8 Å². The van der Waals surface area contributed by atoms with E-state index in [2.05, 4.69) is 26.3 Å². The molecule has 1 aromatic carbocycles. The van der Waals surface area contributed by atoms with Gasteiger partial charge in [0.05, 0.1) is 16.6 Å². The Morgan fingerprint density at radius 1 is 1.25 bits per heavy atom. The van der Waals surface area contributed by atoms with Gasteiger partial charge in [0.2, 0.25) is 11.9 Å². The van der Waals surface area contributed by atoms with Crippen molar-refractivity contribution in [1.82, 2.24) is 14.5 Å². The summed E-state index contributed by atoms with van der Waals surface area (Å²) in [6, 6.07) is 13.6. The minimum absolute atomic E-state index is 0.0254. The molecular formula is C21H22N6O. The maximum atomic E-state index is 12.8. The molecule has 0 atom stereocenters. The second kappa shape index (κ2) is 7.69. The highest BCUT2D eigenvalue weighted by atomic mass is 16.2. The average molecular weight is 374 g/mol. The number of hydrogen-bond acceptors (Lipinski definition) is 5. The van der Waals surface area contributed by atoms with Crippen LogP contribution in [0.5, 0.6) is 0 Å². The summed E-state index contributed by atoms with van der Waals surface area (Å²) >= 11 is 0. The number of piperidine rings is 1. The zero-order valence-electron chi connectivity index (χ0n) is 15.8. The van der Waals surface area contributed by atoms with Crippen molar-refractivity contribution in [1.29, 1.82) is 5.26 Å². The van der Waals surface area contributed by atoms with E-state index in [0.717, 1.165) is 49.3 Å². The molecule has 0 unspecified atom stereocenters. The quantitative estimate of drug-likeness (QED) is 0.758. The van der Waals surface area contributed by atoms with E-state index in [4.69, 9.17) is 5.26 Å². The molecule has 3 heterocycles. The molecule has 0 aliphatic carbocycles. The first-order valence-electron chi connectivity index (χ1n) is 9.57. The molecule has 28 heavy (non-hydrogen) atoms. The summed E-state index contributed by atoms with van der Waals surface area (Å²) in [5.41, 5.74) is 2.47. The summed E-state index contributed by atoms with van der Waals surface area (Å²) in [5.74, 6) is 1.45. The third-order valence-electron chi connectivity index (χ3n) is 5.27. The van der Waals surface area contributed by atoms with Crippen LogP contribution in [-0.2, 0) is 11.3 Å². The molecule has 0 bridgehead atoms. The molecule has 1 aliphatic rings. The SMILES string of the molecule is CCn1c(NC(=O)C2CCN(c3ccc(C#N)cn3)CC2)nc2ccccc21. The van der Waals surface area contributed by atoms with Crippen molar-refractivity contribution in [2.24, 2.45) is 5.92 Å². The number of benzene rings is 1. The van der Waals surface area contributed by atoms with Crippen LogP contribution in [-0.4, -0.2) is 33.5 Å². The summed E-state index contributed by atoms with van der Waals surface area (Å²) in [4.78, 5) is 23.9. The molecule has 0 radical (unpaired) electrons. The summed E-state index contributed by atoms with van der Waals surface area (Å²) in [7, 11) is 0. The Morgan fingerprint density at radius 3 is 2.71 bits per heavy atom. The molecule has 1 amide bonds. The van der Waals surface area contributed by atoms with Gasteiger partial charge in [-0.25, -0.2) is 9.97 Å². The molecular weight excluding hydrogens is 352 g/mol. The van der Waals surface area contributed by atoms with E-state index < -0.39 is 0 Å². The van der Waals surface area contributed by atoms with Gasteiger partial charge in [0.25, 0.3) is 0 Å². The molecule has 0 spiro atoms.